The van der Waals surface area contributed by atoms with Crippen LogP contribution >= 0.6 is 0 Å². The normalized spacial score (nSPS) is 10.3. The summed E-state index contributed by atoms with van der Waals surface area (Å²) in [6.45, 7) is 3.68. The summed E-state index contributed by atoms with van der Waals surface area (Å²) in [4.78, 5) is 21.2. The molecule has 1 aromatic heterocycles. The molecule has 94 valence electrons. The van der Waals surface area contributed by atoms with Crippen LogP contribution in [0.3, 0.4) is 0 Å². The Morgan fingerprint density at radius 1 is 1.59 bits per heavy atom. The first kappa shape index (κ1) is 13.1. The molecule has 0 spiro atoms. The van der Waals surface area contributed by atoms with E-state index in [2.05, 4.69) is 5.10 Å². The molecule has 1 aromatic rings. The molecule has 0 fully saturated rings. The molecule has 17 heavy (non-hydrogen) atoms. The fraction of sp³-hybridized carbons (Fsp3) is 0.556. The van der Waals surface area contributed by atoms with Crippen molar-refractivity contribution in [2.24, 2.45) is 5.84 Å². The van der Waals surface area contributed by atoms with Crippen molar-refractivity contribution in [1.82, 2.24) is 15.2 Å². The second-order valence-corrected chi connectivity index (χ2v) is 3.67. The van der Waals surface area contributed by atoms with Gasteiger partial charge in [0, 0.05) is 13.0 Å². The Labute approximate surface area is 97.9 Å². The van der Waals surface area contributed by atoms with Crippen LogP contribution in [0.5, 0.6) is 0 Å². The van der Waals surface area contributed by atoms with Crippen LogP contribution in [-0.2, 0) is 11.3 Å². The molecule has 1 heterocycles. The predicted molar refractivity (Wildman–Crippen MR) is 59.9 cm³/mol. The van der Waals surface area contributed by atoms with Gasteiger partial charge in [-0.05, 0) is 20.3 Å². The lowest BCUT2D eigenvalue weighted by Gasteiger charge is -2.02. The first-order chi connectivity index (χ1) is 7.97. The van der Waals surface area contributed by atoms with Crippen molar-refractivity contribution >= 4 is 11.6 Å². The number of nitrogens with one attached hydrogen (secondary N) is 1. The van der Waals surface area contributed by atoms with Crippen LogP contribution < -0.4 is 11.3 Å². The molecule has 0 aliphatic carbocycles. The highest BCUT2D eigenvalue weighted by atomic mass is 16.6. The molecule has 0 aliphatic rings. The number of nitro groups is 1. The maximum atomic E-state index is 10.9. The van der Waals surface area contributed by atoms with Gasteiger partial charge in [-0.2, -0.15) is 5.10 Å². The second kappa shape index (κ2) is 5.39. The molecule has 1 amide bonds. The minimum atomic E-state index is -0.444. The van der Waals surface area contributed by atoms with Gasteiger partial charge < -0.3 is 0 Å². The van der Waals surface area contributed by atoms with Crippen LogP contribution in [0.15, 0.2) is 0 Å². The number of hydrogen-bond donors (Lipinski definition) is 2. The highest BCUT2D eigenvalue weighted by Crippen LogP contribution is 2.21. The van der Waals surface area contributed by atoms with Gasteiger partial charge in [-0.25, -0.2) is 5.84 Å². The Morgan fingerprint density at radius 3 is 2.71 bits per heavy atom. The minimum absolute atomic E-state index is 0.0354. The van der Waals surface area contributed by atoms with E-state index in [9.17, 15) is 14.9 Å². The third-order valence-electron chi connectivity index (χ3n) is 2.46. The van der Waals surface area contributed by atoms with Crippen molar-refractivity contribution in [1.29, 1.82) is 0 Å². The number of hydrogen-bond acceptors (Lipinski definition) is 5. The highest BCUT2D eigenvalue weighted by Gasteiger charge is 2.21. The largest absolute Gasteiger partial charge is 0.312 e. The number of aromatic nitrogens is 2. The van der Waals surface area contributed by atoms with Gasteiger partial charge in [0.05, 0.1) is 4.92 Å². The minimum Gasteiger partial charge on any atom is -0.294 e. The first-order valence-corrected chi connectivity index (χ1v) is 5.15. The van der Waals surface area contributed by atoms with E-state index in [0.717, 1.165) is 0 Å². The number of carbonyl (C=O) groups is 1. The van der Waals surface area contributed by atoms with E-state index < -0.39 is 4.92 Å². The monoisotopic (exact) mass is 241 g/mol. The van der Waals surface area contributed by atoms with Crippen LogP contribution in [0.2, 0.25) is 0 Å². The zero-order chi connectivity index (χ0) is 13.0. The molecule has 3 N–H and O–H groups in total. The summed E-state index contributed by atoms with van der Waals surface area (Å²) in [6, 6.07) is 0. The molecular formula is C9H15N5O3. The summed E-state index contributed by atoms with van der Waals surface area (Å²) in [6.07, 6.45) is 0.796. The molecule has 0 radical (unpaired) electrons. The Bertz CT molecular complexity index is 440. The van der Waals surface area contributed by atoms with Gasteiger partial charge in [-0.15, -0.1) is 0 Å². The lowest BCUT2D eigenvalue weighted by Crippen LogP contribution is -2.29. The summed E-state index contributed by atoms with van der Waals surface area (Å²) in [5.74, 6) is 4.68. The van der Waals surface area contributed by atoms with Gasteiger partial charge in [-0.3, -0.25) is 25.0 Å². The van der Waals surface area contributed by atoms with E-state index in [4.69, 9.17) is 5.84 Å². The average molecular weight is 241 g/mol. The Kier molecular flexibility index (Phi) is 4.16. The summed E-state index contributed by atoms with van der Waals surface area (Å²) in [5, 5.41) is 14.8. The lowest BCUT2D eigenvalue weighted by molar-refractivity contribution is -0.386. The first-order valence-electron chi connectivity index (χ1n) is 5.15. The molecule has 0 aliphatic heterocycles. The number of amides is 1. The van der Waals surface area contributed by atoms with Gasteiger partial charge in [0.1, 0.15) is 11.4 Å². The lowest BCUT2D eigenvalue weighted by atomic mass is 10.3. The van der Waals surface area contributed by atoms with Crippen molar-refractivity contribution in [3.63, 3.8) is 0 Å². The number of aryl methyl sites for hydroxylation is 2. The van der Waals surface area contributed by atoms with Crippen molar-refractivity contribution in [3.05, 3.63) is 21.5 Å². The van der Waals surface area contributed by atoms with E-state index in [0.29, 0.717) is 24.4 Å². The summed E-state index contributed by atoms with van der Waals surface area (Å²) in [7, 11) is 0. The van der Waals surface area contributed by atoms with Gasteiger partial charge >= 0.3 is 5.69 Å². The van der Waals surface area contributed by atoms with Crippen LogP contribution in [0.4, 0.5) is 5.69 Å². The third-order valence-corrected chi connectivity index (χ3v) is 2.46. The predicted octanol–water partition coefficient (Wildman–Crippen LogP) is 0.178. The van der Waals surface area contributed by atoms with Crippen LogP contribution in [0.25, 0.3) is 0 Å². The maximum Gasteiger partial charge on any atom is 0.312 e. The second-order valence-electron chi connectivity index (χ2n) is 3.67. The fourth-order valence-electron chi connectivity index (χ4n) is 1.63. The molecule has 0 bridgehead atoms. The van der Waals surface area contributed by atoms with Crippen LogP contribution in [0, 0.1) is 24.0 Å². The molecule has 0 atom stereocenters. The number of carbonyl (C=O) groups excluding carboxylic acids is 1. The zero-order valence-electron chi connectivity index (χ0n) is 9.77. The maximum absolute atomic E-state index is 10.9. The third kappa shape index (κ3) is 3.00. The fourth-order valence-corrected chi connectivity index (χ4v) is 1.63. The van der Waals surface area contributed by atoms with Crippen molar-refractivity contribution in [2.75, 3.05) is 0 Å². The molecule has 8 heteroatoms. The molecule has 0 saturated carbocycles. The molecule has 0 saturated heterocycles. The quantitative estimate of drug-likeness (QED) is 0.330. The van der Waals surface area contributed by atoms with Crippen molar-refractivity contribution < 1.29 is 9.72 Å². The van der Waals surface area contributed by atoms with Gasteiger partial charge in [0.15, 0.2) is 0 Å². The summed E-state index contributed by atoms with van der Waals surface area (Å²) >= 11 is 0. The molecule has 8 nitrogen and oxygen atoms in total. The van der Waals surface area contributed by atoms with Crippen LogP contribution in [0.1, 0.15) is 24.2 Å². The van der Waals surface area contributed by atoms with E-state index in [1.807, 2.05) is 5.43 Å². The van der Waals surface area contributed by atoms with E-state index >= 15 is 0 Å². The average Bonchev–Trinajstić information content (AvgIpc) is 2.53. The van der Waals surface area contributed by atoms with Crippen molar-refractivity contribution in [2.45, 2.75) is 33.2 Å². The Balaban J connectivity index is 2.70. The number of hydrazine groups is 1. The van der Waals surface area contributed by atoms with Crippen LogP contribution in [-0.4, -0.2) is 20.6 Å². The topological polar surface area (TPSA) is 116 Å². The number of nitrogens with zero attached hydrogens (tertiary/aromatic N) is 3. The smallest absolute Gasteiger partial charge is 0.294 e. The summed E-state index contributed by atoms with van der Waals surface area (Å²) < 4.78 is 1.54. The Hall–Kier alpha value is -1.96. The standard InChI is InChI=1S/C9H15N5O3/c1-6-9(14(16)17)7(2)13(12-6)5-3-4-8(15)11-10/h3-5,10H2,1-2H3,(H,11,15). The molecule has 1 rings (SSSR count). The Morgan fingerprint density at radius 2 is 2.24 bits per heavy atom. The molecule has 0 aromatic carbocycles. The highest BCUT2D eigenvalue weighted by molar-refractivity contribution is 5.75. The van der Waals surface area contributed by atoms with Gasteiger partial charge in [0.25, 0.3) is 0 Å². The summed E-state index contributed by atoms with van der Waals surface area (Å²) in [5.41, 5.74) is 2.94. The number of nitrogens with two attached hydrogens (primary N) is 1. The van der Waals surface area contributed by atoms with E-state index in [-0.39, 0.29) is 18.0 Å². The van der Waals surface area contributed by atoms with E-state index in [1.54, 1.807) is 13.8 Å². The van der Waals surface area contributed by atoms with E-state index in [1.165, 1.54) is 4.68 Å². The zero-order valence-corrected chi connectivity index (χ0v) is 9.77. The SMILES string of the molecule is Cc1nn(CCCC(=O)NN)c(C)c1[N+](=O)[O-]. The molecule has 0 unspecified atom stereocenters. The van der Waals surface area contributed by atoms with Gasteiger partial charge in [0.2, 0.25) is 5.91 Å². The van der Waals surface area contributed by atoms with Gasteiger partial charge in [-0.1, -0.05) is 0 Å². The van der Waals surface area contributed by atoms with Crippen molar-refractivity contribution in [3.8, 4) is 0 Å². The number of rotatable bonds is 5. The molecular weight excluding hydrogens is 226 g/mol.